The predicted molar refractivity (Wildman–Crippen MR) is 137 cm³/mol. The Morgan fingerprint density at radius 1 is 0.935 bits per heavy atom. The second-order valence-electron chi connectivity index (χ2n) is 10.1. The number of aliphatic carboxylic acids is 3. The average molecular weight is 684 g/mol. The van der Waals surface area contributed by atoms with Crippen LogP contribution in [0.4, 0.5) is 39.5 Å². The van der Waals surface area contributed by atoms with Crippen LogP contribution in [0.2, 0.25) is 0 Å². The molecule has 0 saturated carbocycles. The first-order valence-corrected chi connectivity index (χ1v) is 12.9. The van der Waals surface area contributed by atoms with Gasteiger partial charge in [-0.3, -0.25) is 9.88 Å². The number of alkyl halides is 9. The number of furan rings is 1. The molecular formula is C26H30F9N3O8. The van der Waals surface area contributed by atoms with Gasteiger partial charge in [-0.2, -0.15) is 39.5 Å². The Morgan fingerprint density at radius 2 is 1.48 bits per heavy atom. The summed E-state index contributed by atoms with van der Waals surface area (Å²) >= 11 is 0. The smallest absolute Gasteiger partial charge is 0.475 e. The summed E-state index contributed by atoms with van der Waals surface area (Å²) in [5, 5.41) is 21.4. The van der Waals surface area contributed by atoms with E-state index in [0.29, 0.717) is 17.9 Å². The van der Waals surface area contributed by atoms with E-state index in [-0.39, 0.29) is 0 Å². The highest BCUT2D eigenvalue weighted by Gasteiger charge is 2.49. The van der Waals surface area contributed by atoms with Gasteiger partial charge in [0, 0.05) is 43.4 Å². The molecule has 0 bridgehead atoms. The van der Waals surface area contributed by atoms with E-state index < -0.39 is 36.4 Å². The third-order valence-corrected chi connectivity index (χ3v) is 6.44. The number of halogens is 9. The fourth-order valence-corrected chi connectivity index (χ4v) is 4.54. The van der Waals surface area contributed by atoms with Crippen LogP contribution in [0.3, 0.4) is 0 Å². The number of aromatic nitrogens is 1. The van der Waals surface area contributed by atoms with Gasteiger partial charge in [-0.05, 0) is 43.8 Å². The van der Waals surface area contributed by atoms with Crippen LogP contribution in [0.25, 0.3) is 0 Å². The molecule has 2 aromatic heterocycles. The van der Waals surface area contributed by atoms with Crippen LogP contribution in [0.1, 0.15) is 17.7 Å². The number of pyridine rings is 1. The highest BCUT2D eigenvalue weighted by molar-refractivity contribution is 5.73. The number of rotatable bonds is 6. The first-order chi connectivity index (χ1) is 21.1. The minimum atomic E-state index is -5.08. The maximum atomic E-state index is 10.6. The fourth-order valence-electron chi connectivity index (χ4n) is 4.54. The van der Waals surface area contributed by atoms with Crippen molar-refractivity contribution in [1.82, 2.24) is 14.8 Å². The van der Waals surface area contributed by atoms with Crippen LogP contribution in [-0.4, -0.2) is 106 Å². The van der Waals surface area contributed by atoms with Gasteiger partial charge in [-0.15, -0.1) is 0 Å². The lowest BCUT2D eigenvalue weighted by Gasteiger charge is -2.30. The molecular weight excluding hydrogens is 653 g/mol. The minimum Gasteiger partial charge on any atom is -0.475 e. The molecule has 3 N–H and O–H groups in total. The Kier molecular flexibility index (Phi) is 14.9. The number of hydrogen-bond donors (Lipinski definition) is 3. The van der Waals surface area contributed by atoms with Crippen molar-refractivity contribution in [2.24, 2.45) is 11.3 Å². The summed E-state index contributed by atoms with van der Waals surface area (Å²) in [6.07, 6.45) is -8.55. The summed E-state index contributed by atoms with van der Waals surface area (Å²) < 4.78 is 107. The van der Waals surface area contributed by atoms with Crippen LogP contribution in [0, 0.1) is 11.3 Å². The summed E-state index contributed by atoms with van der Waals surface area (Å²) in [7, 11) is 2.23. The summed E-state index contributed by atoms with van der Waals surface area (Å²) in [5.41, 5.74) is 1.50. The van der Waals surface area contributed by atoms with Crippen molar-refractivity contribution < 1.29 is 78.4 Å². The molecule has 0 aliphatic carbocycles. The van der Waals surface area contributed by atoms with Crippen molar-refractivity contribution in [2.45, 2.75) is 38.1 Å². The monoisotopic (exact) mass is 683 g/mol. The first-order valence-electron chi connectivity index (χ1n) is 12.9. The van der Waals surface area contributed by atoms with Gasteiger partial charge < -0.3 is 29.4 Å². The van der Waals surface area contributed by atoms with Gasteiger partial charge in [0.2, 0.25) is 0 Å². The van der Waals surface area contributed by atoms with Crippen molar-refractivity contribution in [2.75, 3.05) is 39.8 Å². The molecule has 20 heteroatoms. The van der Waals surface area contributed by atoms with Gasteiger partial charge in [0.25, 0.3) is 0 Å². The Balaban J connectivity index is 0.000000413. The largest absolute Gasteiger partial charge is 0.490 e. The molecule has 2 saturated heterocycles. The third kappa shape index (κ3) is 14.5. The first kappa shape index (κ1) is 40.1. The zero-order valence-corrected chi connectivity index (χ0v) is 23.9. The van der Waals surface area contributed by atoms with Gasteiger partial charge in [-0.1, -0.05) is 6.07 Å². The van der Waals surface area contributed by atoms with Gasteiger partial charge in [0.05, 0.1) is 26.0 Å². The van der Waals surface area contributed by atoms with Crippen LogP contribution in [0.15, 0.2) is 47.3 Å². The summed E-state index contributed by atoms with van der Waals surface area (Å²) in [5.74, 6) is -6.61. The van der Waals surface area contributed by atoms with Crippen molar-refractivity contribution in [3.63, 3.8) is 0 Å². The van der Waals surface area contributed by atoms with E-state index >= 15 is 0 Å². The molecule has 2 aliphatic rings. The zero-order chi connectivity index (χ0) is 35.3. The number of hydrogen-bond acceptors (Lipinski definition) is 8. The predicted octanol–water partition coefficient (Wildman–Crippen LogP) is 4.55. The van der Waals surface area contributed by atoms with E-state index in [0.717, 1.165) is 44.1 Å². The number of carboxylic acid groups (broad SMARTS) is 3. The lowest BCUT2D eigenvalue weighted by molar-refractivity contribution is -0.193. The Bertz CT molecular complexity index is 1170. The molecule has 2 atom stereocenters. The quantitative estimate of drug-likeness (QED) is 0.368. The van der Waals surface area contributed by atoms with Crippen LogP contribution in [0.5, 0.6) is 0 Å². The summed E-state index contributed by atoms with van der Waals surface area (Å²) in [4.78, 5) is 35.8. The average Bonchev–Trinajstić information content (AvgIpc) is 3.65. The van der Waals surface area contributed by atoms with Crippen LogP contribution in [-0.2, 0) is 32.3 Å². The van der Waals surface area contributed by atoms with Gasteiger partial charge in [-0.25, -0.2) is 14.4 Å². The third-order valence-electron chi connectivity index (χ3n) is 6.44. The molecule has 11 nitrogen and oxygen atoms in total. The highest BCUT2D eigenvalue weighted by Crippen LogP contribution is 2.44. The van der Waals surface area contributed by atoms with E-state index in [1.165, 1.54) is 13.0 Å². The Labute approximate surface area is 255 Å². The molecule has 46 heavy (non-hydrogen) atoms. The molecule has 2 aliphatic heterocycles. The second-order valence-corrected chi connectivity index (χ2v) is 10.1. The summed E-state index contributed by atoms with van der Waals surface area (Å²) in [6.45, 7) is 6.98. The van der Waals surface area contributed by atoms with Gasteiger partial charge in [0.15, 0.2) is 0 Å². The highest BCUT2D eigenvalue weighted by atomic mass is 19.4. The molecule has 0 amide bonds. The number of likely N-dealkylation sites (tertiary alicyclic amines) is 2. The molecule has 260 valence electrons. The van der Waals surface area contributed by atoms with E-state index in [9.17, 15) is 39.5 Å². The lowest BCUT2D eigenvalue weighted by Crippen LogP contribution is -2.36. The normalized spacial score (nSPS) is 20.1. The Morgan fingerprint density at radius 3 is 1.91 bits per heavy atom. The number of nitrogens with zero attached hydrogens (tertiary/aromatic N) is 3. The molecule has 0 aromatic carbocycles. The van der Waals surface area contributed by atoms with Crippen molar-refractivity contribution in [1.29, 1.82) is 0 Å². The minimum absolute atomic E-state index is 0.357. The number of carbonyl (C=O) groups is 3. The Hall–Kier alpha value is -3.91. The maximum absolute atomic E-state index is 10.6. The SMILES string of the molecule is CN1C[C@H](COCc2cccnc2)[C@]2(CCN(Cc3ccco3)C2)C1.O=C(O)C(F)(F)F.O=C(O)C(F)(F)F.O=C(O)C(F)(F)F. The van der Waals surface area contributed by atoms with Crippen LogP contribution < -0.4 is 0 Å². The molecule has 4 heterocycles. The molecule has 2 aromatic rings. The van der Waals surface area contributed by atoms with Crippen LogP contribution >= 0.6 is 0 Å². The molecule has 2 fully saturated rings. The fraction of sp³-hybridized carbons (Fsp3) is 0.538. The number of carboxylic acids is 3. The molecule has 0 unspecified atom stereocenters. The molecule has 0 radical (unpaired) electrons. The zero-order valence-electron chi connectivity index (χ0n) is 23.9. The van der Waals surface area contributed by atoms with Crippen molar-refractivity contribution >= 4 is 17.9 Å². The van der Waals surface area contributed by atoms with E-state index in [4.69, 9.17) is 38.9 Å². The van der Waals surface area contributed by atoms with E-state index in [2.05, 4.69) is 34.0 Å². The van der Waals surface area contributed by atoms with E-state index in [1.54, 1.807) is 12.5 Å². The van der Waals surface area contributed by atoms with E-state index in [1.807, 2.05) is 18.3 Å². The molecule has 4 rings (SSSR count). The van der Waals surface area contributed by atoms with Crippen molar-refractivity contribution in [3.8, 4) is 0 Å². The topological polar surface area (TPSA) is 154 Å². The summed E-state index contributed by atoms with van der Waals surface area (Å²) in [6, 6.07) is 8.08. The lowest BCUT2D eigenvalue weighted by atomic mass is 9.77. The van der Waals surface area contributed by atoms with Gasteiger partial charge in [0.1, 0.15) is 5.76 Å². The molecule has 1 spiro atoms. The number of ether oxygens (including phenoxy) is 1. The standard InChI is InChI=1S/C20H27N3O2.3C2HF3O2/c1-22-11-18(14-24-13-17-4-2-7-21-10-17)20(15-22)6-8-23(16-20)12-19-5-3-9-25-19;3*3-2(4,5)1(6)7/h2-5,7,9-10,18H,6,8,11-16H2,1H3;3*(H,6,7)/t18-,20-;;;/m1.../s1. The second kappa shape index (κ2) is 17.1. The van der Waals surface area contributed by atoms with Gasteiger partial charge >= 0.3 is 36.4 Å². The maximum Gasteiger partial charge on any atom is 0.490 e. The van der Waals surface area contributed by atoms with Crippen molar-refractivity contribution in [3.05, 3.63) is 54.2 Å².